The number of amides is 1. The second kappa shape index (κ2) is 6.15. The molecule has 1 unspecified atom stereocenters. The highest BCUT2D eigenvalue weighted by molar-refractivity contribution is 5.75. The zero-order valence-corrected chi connectivity index (χ0v) is 9.48. The van der Waals surface area contributed by atoms with Gasteiger partial charge in [0.05, 0.1) is 12.5 Å². The van der Waals surface area contributed by atoms with E-state index in [9.17, 15) is 9.59 Å². The molecule has 0 N–H and O–H groups in total. The van der Waals surface area contributed by atoms with Gasteiger partial charge in [-0.05, 0) is 13.3 Å². The molecule has 1 saturated heterocycles. The van der Waals surface area contributed by atoms with Gasteiger partial charge in [0.2, 0.25) is 0 Å². The van der Waals surface area contributed by atoms with Crippen molar-refractivity contribution in [1.29, 1.82) is 0 Å². The van der Waals surface area contributed by atoms with Crippen molar-refractivity contribution < 1.29 is 19.1 Å². The van der Waals surface area contributed by atoms with Crippen LogP contribution in [0.1, 0.15) is 13.3 Å². The van der Waals surface area contributed by atoms with Crippen molar-refractivity contribution in [2.24, 2.45) is 5.92 Å². The maximum atomic E-state index is 11.4. The van der Waals surface area contributed by atoms with E-state index in [1.807, 2.05) is 0 Å². The topological polar surface area (TPSA) is 55.8 Å². The average molecular weight is 227 g/mol. The second-order valence-electron chi connectivity index (χ2n) is 3.55. The summed E-state index contributed by atoms with van der Waals surface area (Å²) in [6.45, 7) is 6.71. The zero-order valence-electron chi connectivity index (χ0n) is 9.48. The number of carbonyl (C=O) groups excluding carboxylic acids is 2. The molecule has 0 bridgehead atoms. The lowest BCUT2D eigenvalue weighted by Crippen LogP contribution is -2.31. The van der Waals surface area contributed by atoms with Crippen LogP contribution in [0.5, 0.6) is 0 Å². The van der Waals surface area contributed by atoms with Crippen LogP contribution in [0, 0.1) is 5.92 Å². The highest BCUT2D eigenvalue weighted by atomic mass is 16.6. The third kappa shape index (κ3) is 3.25. The van der Waals surface area contributed by atoms with Gasteiger partial charge in [0.25, 0.3) is 0 Å². The molecule has 1 fully saturated rings. The predicted molar refractivity (Wildman–Crippen MR) is 57.9 cm³/mol. The normalized spacial score (nSPS) is 19.3. The van der Waals surface area contributed by atoms with Crippen molar-refractivity contribution in [2.45, 2.75) is 13.3 Å². The van der Waals surface area contributed by atoms with Gasteiger partial charge in [-0.3, -0.25) is 4.79 Å². The Hall–Kier alpha value is -1.52. The standard InChI is InChI=1S/C11H17NO4/c1-3-7-16-11(14)12-6-5-9(8-12)10(13)15-4-2/h3,9H,1,4-8H2,2H3. The fraction of sp³-hybridized carbons (Fsp3) is 0.636. The Kier molecular flexibility index (Phi) is 4.82. The third-order valence-corrected chi connectivity index (χ3v) is 2.39. The number of nitrogens with zero attached hydrogens (tertiary/aromatic N) is 1. The van der Waals surface area contributed by atoms with Crippen molar-refractivity contribution in [3.8, 4) is 0 Å². The first kappa shape index (κ1) is 12.5. The summed E-state index contributed by atoms with van der Waals surface area (Å²) in [7, 11) is 0. The van der Waals surface area contributed by atoms with Crippen LogP contribution in [0.15, 0.2) is 12.7 Å². The predicted octanol–water partition coefficient (Wildman–Crippen LogP) is 1.19. The number of hydrogen-bond acceptors (Lipinski definition) is 4. The number of likely N-dealkylation sites (tertiary alicyclic amines) is 1. The first-order valence-electron chi connectivity index (χ1n) is 5.38. The molecule has 1 atom stereocenters. The molecule has 0 saturated carbocycles. The van der Waals surface area contributed by atoms with Gasteiger partial charge in [-0.2, -0.15) is 0 Å². The van der Waals surface area contributed by atoms with E-state index in [0.717, 1.165) is 0 Å². The minimum Gasteiger partial charge on any atom is -0.466 e. The zero-order chi connectivity index (χ0) is 12.0. The van der Waals surface area contributed by atoms with Crippen molar-refractivity contribution in [2.75, 3.05) is 26.3 Å². The second-order valence-corrected chi connectivity index (χ2v) is 3.55. The molecule has 1 aliphatic rings. The highest BCUT2D eigenvalue weighted by Crippen LogP contribution is 2.18. The van der Waals surface area contributed by atoms with Crippen molar-refractivity contribution >= 4 is 12.1 Å². The maximum absolute atomic E-state index is 11.4. The molecule has 1 rings (SSSR count). The third-order valence-electron chi connectivity index (χ3n) is 2.39. The van der Waals surface area contributed by atoms with E-state index in [2.05, 4.69) is 6.58 Å². The van der Waals surface area contributed by atoms with Crippen LogP contribution in [-0.4, -0.2) is 43.3 Å². The van der Waals surface area contributed by atoms with Gasteiger partial charge in [0.1, 0.15) is 6.61 Å². The summed E-state index contributed by atoms with van der Waals surface area (Å²) in [5, 5.41) is 0. The first-order chi connectivity index (χ1) is 7.69. The van der Waals surface area contributed by atoms with Gasteiger partial charge in [-0.25, -0.2) is 4.79 Å². The summed E-state index contributed by atoms with van der Waals surface area (Å²) in [5.74, 6) is -0.447. The van der Waals surface area contributed by atoms with E-state index >= 15 is 0 Å². The monoisotopic (exact) mass is 227 g/mol. The molecule has 0 radical (unpaired) electrons. The van der Waals surface area contributed by atoms with Crippen LogP contribution in [-0.2, 0) is 14.3 Å². The summed E-state index contributed by atoms with van der Waals surface area (Å²) in [6.07, 6.45) is 1.76. The minimum absolute atomic E-state index is 0.194. The molecular formula is C11H17NO4. The molecule has 0 aromatic carbocycles. The summed E-state index contributed by atoms with van der Waals surface area (Å²) in [4.78, 5) is 24.4. The molecular weight excluding hydrogens is 210 g/mol. The fourth-order valence-electron chi connectivity index (χ4n) is 1.60. The highest BCUT2D eigenvalue weighted by Gasteiger charge is 2.32. The molecule has 0 spiro atoms. The first-order valence-corrected chi connectivity index (χ1v) is 5.38. The van der Waals surface area contributed by atoms with Crippen LogP contribution < -0.4 is 0 Å². The van der Waals surface area contributed by atoms with Crippen LogP contribution >= 0.6 is 0 Å². The molecule has 0 aromatic rings. The van der Waals surface area contributed by atoms with Gasteiger partial charge < -0.3 is 14.4 Å². The Bertz CT molecular complexity index is 277. The molecule has 5 heteroatoms. The number of ether oxygens (including phenoxy) is 2. The molecule has 16 heavy (non-hydrogen) atoms. The largest absolute Gasteiger partial charge is 0.466 e. The van der Waals surface area contributed by atoms with Crippen molar-refractivity contribution in [3.63, 3.8) is 0 Å². The Balaban J connectivity index is 2.36. The van der Waals surface area contributed by atoms with Gasteiger partial charge in [0, 0.05) is 13.1 Å². The molecule has 0 aromatic heterocycles. The van der Waals surface area contributed by atoms with E-state index in [1.165, 1.54) is 11.0 Å². The molecule has 1 amide bonds. The molecule has 1 heterocycles. The summed E-state index contributed by atoms with van der Waals surface area (Å²) in [6, 6.07) is 0. The lowest BCUT2D eigenvalue weighted by Gasteiger charge is -2.15. The van der Waals surface area contributed by atoms with Gasteiger partial charge >= 0.3 is 12.1 Å². The molecule has 5 nitrogen and oxygen atoms in total. The van der Waals surface area contributed by atoms with E-state index in [1.54, 1.807) is 6.92 Å². The smallest absolute Gasteiger partial charge is 0.410 e. The summed E-state index contributed by atoms with van der Waals surface area (Å²) in [5.41, 5.74) is 0. The number of carbonyl (C=O) groups is 2. The number of rotatable bonds is 4. The number of esters is 1. The Morgan fingerprint density at radius 1 is 1.50 bits per heavy atom. The lowest BCUT2D eigenvalue weighted by atomic mass is 10.1. The van der Waals surface area contributed by atoms with Crippen LogP contribution in [0.4, 0.5) is 4.79 Å². The van der Waals surface area contributed by atoms with E-state index in [4.69, 9.17) is 9.47 Å². The average Bonchev–Trinajstić information content (AvgIpc) is 2.75. The quantitative estimate of drug-likeness (QED) is 0.535. The minimum atomic E-state index is -0.397. The van der Waals surface area contributed by atoms with E-state index in [-0.39, 0.29) is 18.5 Å². The molecule has 90 valence electrons. The summed E-state index contributed by atoms with van der Waals surface area (Å²) >= 11 is 0. The Morgan fingerprint density at radius 3 is 2.88 bits per heavy atom. The van der Waals surface area contributed by atoms with Crippen LogP contribution in [0.3, 0.4) is 0 Å². The molecule has 0 aliphatic carbocycles. The fourth-order valence-corrected chi connectivity index (χ4v) is 1.60. The van der Waals surface area contributed by atoms with E-state index in [0.29, 0.717) is 26.1 Å². The number of hydrogen-bond donors (Lipinski definition) is 0. The van der Waals surface area contributed by atoms with Crippen LogP contribution in [0.2, 0.25) is 0 Å². The lowest BCUT2D eigenvalue weighted by molar-refractivity contribution is -0.147. The van der Waals surface area contributed by atoms with Gasteiger partial charge in [-0.1, -0.05) is 12.7 Å². The SMILES string of the molecule is C=CCOC(=O)N1CCC(C(=O)OCC)C1. The van der Waals surface area contributed by atoms with Crippen LogP contribution in [0.25, 0.3) is 0 Å². The summed E-state index contributed by atoms with van der Waals surface area (Å²) < 4.78 is 9.78. The van der Waals surface area contributed by atoms with Gasteiger partial charge in [0.15, 0.2) is 0 Å². The van der Waals surface area contributed by atoms with Crippen molar-refractivity contribution in [3.05, 3.63) is 12.7 Å². The molecule has 1 aliphatic heterocycles. The van der Waals surface area contributed by atoms with E-state index < -0.39 is 6.09 Å². The Labute approximate surface area is 95.0 Å². The van der Waals surface area contributed by atoms with Crippen molar-refractivity contribution in [1.82, 2.24) is 4.90 Å². The maximum Gasteiger partial charge on any atom is 0.410 e. The Morgan fingerprint density at radius 2 is 2.25 bits per heavy atom. The van der Waals surface area contributed by atoms with Gasteiger partial charge in [-0.15, -0.1) is 0 Å².